The van der Waals surface area contributed by atoms with Crippen LogP contribution in [0.15, 0.2) is 48.5 Å². The van der Waals surface area contributed by atoms with Gasteiger partial charge in [-0.05, 0) is 48.5 Å². The molecule has 0 atom stereocenters. The van der Waals surface area contributed by atoms with Crippen molar-refractivity contribution in [1.82, 2.24) is 0 Å². The summed E-state index contributed by atoms with van der Waals surface area (Å²) in [6.07, 6.45) is -4.35. The second-order valence-electron chi connectivity index (χ2n) is 4.13. The van der Waals surface area contributed by atoms with Crippen LogP contribution in [0.25, 0.3) is 0 Å². The summed E-state index contributed by atoms with van der Waals surface area (Å²) in [5.74, 6) is 1.88. The summed E-state index contributed by atoms with van der Waals surface area (Å²) in [4.78, 5) is 0. The average molecular weight is 317 g/mol. The Balaban J connectivity index is 2.01. The monoisotopic (exact) mass is 316 g/mol. The van der Waals surface area contributed by atoms with E-state index in [0.29, 0.717) is 29.7 Å². The summed E-state index contributed by atoms with van der Waals surface area (Å²) < 4.78 is 48.0. The highest BCUT2D eigenvalue weighted by Crippen LogP contribution is 2.31. The first-order chi connectivity index (χ1) is 9.99. The molecule has 2 nitrogen and oxygen atoms in total. The van der Waals surface area contributed by atoms with Crippen molar-refractivity contribution in [2.45, 2.75) is 6.18 Å². The molecule has 0 bridgehead atoms. The van der Waals surface area contributed by atoms with Crippen LogP contribution in [0.2, 0.25) is 0 Å². The summed E-state index contributed by atoms with van der Waals surface area (Å²) in [6, 6.07) is 11.3. The summed E-state index contributed by atoms with van der Waals surface area (Å²) in [5, 5.41) is 0. The Morgan fingerprint density at radius 2 is 1.29 bits per heavy atom. The van der Waals surface area contributed by atoms with E-state index in [-0.39, 0.29) is 0 Å². The number of benzene rings is 2. The zero-order valence-electron chi connectivity index (χ0n) is 10.9. The fourth-order valence-electron chi connectivity index (χ4n) is 1.61. The molecule has 0 amide bonds. The van der Waals surface area contributed by atoms with Gasteiger partial charge in [0.1, 0.15) is 23.9 Å². The Labute approximate surface area is 125 Å². The first-order valence-electron chi connectivity index (χ1n) is 6.13. The van der Waals surface area contributed by atoms with Gasteiger partial charge in [0.25, 0.3) is 0 Å². The van der Waals surface area contributed by atoms with Crippen molar-refractivity contribution in [3.63, 3.8) is 0 Å². The fraction of sp³-hybridized carbons (Fsp3) is 0.200. The van der Waals surface area contributed by atoms with Crippen LogP contribution in [0, 0.1) is 0 Å². The molecule has 2 aromatic rings. The van der Waals surface area contributed by atoms with E-state index < -0.39 is 11.7 Å². The van der Waals surface area contributed by atoms with Crippen LogP contribution >= 0.6 is 11.6 Å². The first kappa shape index (κ1) is 15.5. The van der Waals surface area contributed by atoms with E-state index in [1.165, 1.54) is 12.1 Å². The lowest BCUT2D eigenvalue weighted by Gasteiger charge is -2.09. The molecule has 6 heteroatoms. The molecule has 0 aromatic heterocycles. The maximum atomic E-state index is 12.4. The minimum absolute atomic E-state index is 0.331. The van der Waals surface area contributed by atoms with Crippen LogP contribution in [-0.4, -0.2) is 12.5 Å². The van der Waals surface area contributed by atoms with Crippen molar-refractivity contribution in [2.24, 2.45) is 0 Å². The third-order valence-electron chi connectivity index (χ3n) is 2.59. The van der Waals surface area contributed by atoms with Crippen LogP contribution in [-0.2, 0) is 6.18 Å². The van der Waals surface area contributed by atoms with Gasteiger partial charge in [-0.1, -0.05) is 0 Å². The van der Waals surface area contributed by atoms with E-state index in [4.69, 9.17) is 21.1 Å². The molecule has 0 fully saturated rings. The van der Waals surface area contributed by atoms with Crippen LogP contribution in [0.4, 0.5) is 13.2 Å². The highest BCUT2D eigenvalue weighted by atomic mass is 35.5. The van der Waals surface area contributed by atoms with E-state index in [1.807, 2.05) is 0 Å². The summed E-state index contributed by atoms with van der Waals surface area (Å²) >= 11 is 5.51. The SMILES string of the molecule is FC(F)(F)c1ccc(Oc2ccc(OCCCl)cc2)cc1. The minimum atomic E-state index is -4.35. The summed E-state index contributed by atoms with van der Waals surface area (Å²) in [6.45, 7) is 0.403. The Bertz CT molecular complexity index is 565. The fourth-order valence-corrected chi connectivity index (χ4v) is 1.69. The largest absolute Gasteiger partial charge is 0.492 e. The van der Waals surface area contributed by atoms with E-state index >= 15 is 0 Å². The van der Waals surface area contributed by atoms with Crippen molar-refractivity contribution in [2.75, 3.05) is 12.5 Å². The topological polar surface area (TPSA) is 18.5 Å². The number of halogens is 4. The van der Waals surface area contributed by atoms with Crippen LogP contribution in [0.3, 0.4) is 0 Å². The van der Waals surface area contributed by atoms with E-state index in [9.17, 15) is 13.2 Å². The molecule has 112 valence electrons. The molecular formula is C15H12ClF3O2. The molecule has 0 spiro atoms. The highest BCUT2D eigenvalue weighted by Gasteiger charge is 2.30. The first-order valence-corrected chi connectivity index (χ1v) is 6.66. The number of alkyl halides is 4. The lowest BCUT2D eigenvalue weighted by atomic mass is 10.2. The summed E-state index contributed by atoms with van der Waals surface area (Å²) in [5.41, 5.74) is -0.709. The molecular weight excluding hydrogens is 305 g/mol. The van der Waals surface area contributed by atoms with Gasteiger partial charge in [0.2, 0.25) is 0 Å². The lowest BCUT2D eigenvalue weighted by Crippen LogP contribution is -2.03. The Morgan fingerprint density at radius 1 is 0.810 bits per heavy atom. The van der Waals surface area contributed by atoms with Crippen LogP contribution < -0.4 is 9.47 Å². The third-order valence-corrected chi connectivity index (χ3v) is 2.74. The Hall–Kier alpha value is -1.88. The predicted molar refractivity (Wildman–Crippen MR) is 74.2 cm³/mol. The molecule has 2 aromatic carbocycles. The second-order valence-corrected chi connectivity index (χ2v) is 4.51. The summed E-state index contributed by atoms with van der Waals surface area (Å²) in [7, 11) is 0. The molecule has 0 heterocycles. The van der Waals surface area contributed by atoms with Crippen molar-refractivity contribution in [3.05, 3.63) is 54.1 Å². The molecule has 0 saturated carbocycles. The zero-order valence-corrected chi connectivity index (χ0v) is 11.6. The molecule has 0 N–H and O–H groups in total. The Kier molecular flexibility index (Phi) is 4.96. The normalized spacial score (nSPS) is 11.2. The predicted octanol–water partition coefficient (Wildman–Crippen LogP) is 5.12. The smallest absolute Gasteiger partial charge is 0.416 e. The number of hydrogen-bond acceptors (Lipinski definition) is 2. The van der Waals surface area contributed by atoms with Gasteiger partial charge in [0.15, 0.2) is 0 Å². The van der Waals surface area contributed by atoms with Gasteiger partial charge in [-0.2, -0.15) is 13.2 Å². The van der Waals surface area contributed by atoms with Gasteiger partial charge in [-0.3, -0.25) is 0 Å². The maximum Gasteiger partial charge on any atom is 0.416 e. The zero-order chi connectivity index (χ0) is 15.3. The van der Waals surface area contributed by atoms with Gasteiger partial charge in [0.05, 0.1) is 11.4 Å². The third kappa shape index (κ3) is 4.56. The number of rotatable bonds is 5. The molecule has 0 aliphatic carbocycles. The van der Waals surface area contributed by atoms with Crippen molar-refractivity contribution < 1.29 is 22.6 Å². The van der Waals surface area contributed by atoms with Crippen LogP contribution in [0.5, 0.6) is 17.2 Å². The van der Waals surface area contributed by atoms with Crippen molar-refractivity contribution in [1.29, 1.82) is 0 Å². The van der Waals surface area contributed by atoms with Gasteiger partial charge in [-0.25, -0.2) is 0 Å². The van der Waals surface area contributed by atoms with Gasteiger partial charge >= 0.3 is 6.18 Å². The Morgan fingerprint density at radius 3 is 1.76 bits per heavy atom. The second kappa shape index (κ2) is 6.72. The standard InChI is InChI=1S/C15H12ClF3O2/c16-9-10-20-12-5-7-14(8-6-12)21-13-3-1-11(2-4-13)15(17,18)19/h1-8H,9-10H2. The van der Waals surface area contributed by atoms with E-state index in [2.05, 4.69) is 0 Å². The molecule has 0 saturated heterocycles. The quantitative estimate of drug-likeness (QED) is 0.713. The molecule has 0 unspecified atom stereocenters. The van der Waals surface area contributed by atoms with Gasteiger partial charge in [0, 0.05) is 0 Å². The average Bonchev–Trinajstić information content (AvgIpc) is 2.46. The van der Waals surface area contributed by atoms with Crippen molar-refractivity contribution >= 4 is 11.6 Å². The van der Waals surface area contributed by atoms with E-state index in [0.717, 1.165) is 12.1 Å². The molecule has 21 heavy (non-hydrogen) atoms. The molecule has 0 radical (unpaired) electrons. The highest BCUT2D eigenvalue weighted by molar-refractivity contribution is 6.18. The van der Waals surface area contributed by atoms with E-state index in [1.54, 1.807) is 24.3 Å². The lowest BCUT2D eigenvalue weighted by molar-refractivity contribution is -0.137. The van der Waals surface area contributed by atoms with Crippen molar-refractivity contribution in [3.8, 4) is 17.2 Å². The molecule has 0 aliphatic heterocycles. The number of hydrogen-bond donors (Lipinski definition) is 0. The number of ether oxygens (including phenoxy) is 2. The maximum absolute atomic E-state index is 12.4. The molecule has 2 rings (SSSR count). The van der Waals surface area contributed by atoms with Gasteiger partial charge in [-0.15, -0.1) is 11.6 Å². The minimum Gasteiger partial charge on any atom is -0.492 e. The molecule has 0 aliphatic rings. The van der Waals surface area contributed by atoms with Gasteiger partial charge < -0.3 is 9.47 Å². The van der Waals surface area contributed by atoms with Crippen LogP contribution in [0.1, 0.15) is 5.56 Å².